The van der Waals surface area contributed by atoms with Crippen LogP contribution >= 0.6 is 0 Å². The van der Waals surface area contributed by atoms with E-state index in [4.69, 9.17) is 18.9 Å². The van der Waals surface area contributed by atoms with Crippen molar-refractivity contribution in [1.29, 1.82) is 0 Å². The van der Waals surface area contributed by atoms with Gasteiger partial charge in [-0.05, 0) is 0 Å². The third-order valence-electron chi connectivity index (χ3n) is 3.90. The van der Waals surface area contributed by atoms with Crippen LogP contribution in [0.25, 0.3) is 0 Å². The first-order chi connectivity index (χ1) is 11.2. The van der Waals surface area contributed by atoms with E-state index in [-0.39, 0.29) is 32.5 Å². The first-order valence-electron chi connectivity index (χ1n) is 7.63. The molecule has 9 nitrogen and oxygen atoms in total. The molecule has 3 N–H and O–H groups in total. The van der Waals surface area contributed by atoms with E-state index in [0.29, 0.717) is 0 Å². The minimum absolute atomic E-state index is 0.100. The van der Waals surface area contributed by atoms with Crippen LogP contribution in [0.3, 0.4) is 0 Å². The Kier molecular flexibility index (Phi) is 5.61. The highest BCUT2D eigenvalue weighted by Crippen LogP contribution is 2.34. The number of esters is 2. The van der Waals surface area contributed by atoms with Crippen molar-refractivity contribution in [3.8, 4) is 0 Å². The summed E-state index contributed by atoms with van der Waals surface area (Å²) in [4.78, 5) is 22.5. The summed E-state index contributed by atoms with van der Waals surface area (Å²) in [5.74, 6) is -5.06. The summed E-state index contributed by atoms with van der Waals surface area (Å²) in [6.07, 6.45) is -2.24. The normalized spacial score (nSPS) is 37.0. The molecule has 0 aliphatic carbocycles. The van der Waals surface area contributed by atoms with Crippen LogP contribution in [0.15, 0.2) is 12.7 Å². The van der Waals surface area contributed by atoms with Crippen LogP contribution in [0.1, 0.15) is 26.2 Å². The predicted octanol–water partition coefficient (Wildman–Crippen LogP) is -1.02. The molecule has 5 atom stereocenters. The van der Waals surface area contributed by atoms with Crippen molar-refractivity contribution in [2.24, 2.45) is 0 Å². The zero-order valence-electron chi connectivity index (χ0n) is 13.3. The van der Waals surface area contributed by atoms with Gasteiger partial charge >= 0.3 is 11.9 Å². The lowest BCUT2D eigenvalue weighted by molar-refractivity contribution is -0.207. The zero-order chi connectivity index (χ0) is 18.0. The van der Waals surface area contributed by atoms with E-state index in [0.717, 1.165) is 6.08 Å². The van der Waals surface area contributed by atoms with Crippen molar-refractivity contribution >= 4 is 11.9 Å². The van der Waals surface area contributed by atoms with Gasteiger partial charge in [0.25, 0.3) is 0 Å². The van der Waals surface area contributed by atoms with Crippen LogP contribution in [0.4, 0.5) is 0 Å². The maximum absolute atomic E-state index is 11.3. The standard InChI is InChI=1S/C15H22O9/c1-3-11(16)23-14(19)5-9(21-7-14)13(18)10-6-15(20,8-22-10)24-12(17)4-2/h3,9-10,13,18-20H,1,4-8H2,2H3. The first kappa shape index (κ1) is 18.8. The number of aliphatic hydroxyl groups excluding tert-OH is 1. The molecule has 9 heteroatoms. The van der Waals surface area contributed by atoms with Gasteiger partial charge in [0.2, 0.25) is 11.6 Å². The van der Waals surface area contributed by atoms with Crippen molar-refractivity contribution in [2.75, 3.05) is 13.2 Å². The van der Waals surface area contributed by atoms with Crippen LogP contribution in [0, 0.1) is 0 Å². The molecule has 0 saturated carbocycles. The molecule has 0 radical (unpaired) electrons. The second kappa shape index (κ2) is 7.16. The van der Waals surface area contributed by atoms with Gasteiger partial charge in [-0.2, -0.15) is 0 Å². The topological polar surface area (TPSA) is 132 Å². The van der Waals surface area contributed by atoms with Crippen LogP contribution in [0.2, 0.25) is 0 Å². The molecule has 0 aromatic heterocycles. The first-order valence-corrected chi connectivity index (χ1v) is 7.63. The second-order valence-corrected chi connectivity index (χ2v) is 5.94. The molecule has 2 saturated heterocycles. The molecule has 0 aromatic carbocycles. The van der Waals surface area contributed by atoms with Crippen molar-refractivity contribution in [3.63, 3.8) is 0 Å². The number of carbonyl (C=O) groups excluding carboxylic acids is 2. The highest BCUT2D eigenvalue weighted by molar-refractivity contribution is 5.81. The van der Waals surface area contributed by atoms with Crippen molar-refractivity contribution in [3.05, 3.63) is 12.7 Å². The van der Waals surface area contributed by atoms with Crippen molar-refractivity contribution in [1.82, 2.24) is 0 Å². The van der Waals surface area contributed by atoms with E-state index in [2.05, 4.69) is 6.58 Å². The van der Waals surface area contributed by atoms with Gasteiger partial charge in [0.1, 0.15) is 19.3 Å². The molecule has 2 rings (SSSR count). The van der Waals surface area contributed by atoms with E-state index >= 15 is 0 Å². The number of hydrogen-bond acceptors (Lipinski definition) is 9. The van der Waals surface area contributed by atoms with E-state index in [1.54, 1.807) is 6.92 Å². The molecule has 0 bridgehead atoms. The molecular formula is C15H22O9. The summed E-state index contributed by atoms with van der Waals surface area (Å²) >= 11 is 0. The summed E-state index contributed by atoms with van der Waals surface area (Å²) < 4.78 is 20.3. The van der Waals surface area contributed by atoms with Gasteiger partial charge in [0.15, 0.2) is 0 Å². The lowest BCUT2D eigenvalue weighted by atomic mass is 9.99. The Morgan fingerprint density at radius 3 is 2.17 bits per heavy atom. The van der Waals surface area contributed by atoms with E-state index in [9.17, 15) is 24.9 Å². The highest BCUT2D eigenvalue weighted by atomic mass is 16.7. The van der Waals surface area contributed by atoms with Crippen molar-refractivity contribution in [2.45, 2.75) is 56.1 Å². The third kappa shape index (κ3) is 4.31. The molecule has 2 aliphatic rings. The Bertz CT molecular complexity index is 507. The quantitative estimate of drug-likeness (QED) is 0.314. The maximum Gasteiger partial charge on any atom is 0.332 e. The number of aliphatic hydroxyl groups is 3. The summed E-state index contributed by atoms with van der Waals surface area (Å²) in [5, 5.41) is 30.6. The van der Waals surface area contributed by atoms with E-state index < -0.39 is 41.8 Å². The number of hydrogen-bond donors (Lipinski definition) is 3. The lowest BCUT2D eigenvalue weighted by Gasteiger charge is -2.25. The Morgan fingerprint density at radius 1 is 1.21 bits per heavy atom. The predicted molar refractivity (Wildman–Crippen MR) is 77.3 cm³/mol. The molecule has 24 heavy (non-hydrogen) atoms. The molecule has 0 amide bonds. The van der Waals surface area contributed by atoms with Gasteiger partial charge in [-0.3, -0.25) is 4.79 Å². The van der Waals surface area contributed by atoms with Crippen molar-refractivity contribution < 1.29 is 43.9 Å². The number of carbonyl (C=O) groups is 2. The monoisotopic (exact) mass is 346 g/mol. The summed E-state index contributed by atoms with van der Waals surface area (Å²) in [6, 6.07) is 0. The molecule has 0 spiro atoms. The highest BCUT2D eigenvalue weighted by Gasteiger charge is 2.51. The fourth-order valence-corrected chi connectivity index (χ4v) is 2.67. The van der Waals surface area contributed by atoms with Gasteiger partial charge in [-0.15, -0.1) is 0 Å². The van der Waals surface area contributed by atoms with Gasteiger partial charge < -0.3 is 34.3 Å². The molecule has 2 fully saturated rings. The minimum atomic E-state index is -1.86. The average molecular weight is 346 g/mol. The molecule has 136 valence electrons. The Hall–Kier alpha value is -1.52. The second-order valence-electron chi connectivity index (χ2n) is 5.94. The fraction of sp³-hybridized carbons (Fsp3) is 0.733. The maximum atomic E-state index is 11.3. The zero-order valence-corrected chi connectivity index (χ0v) is 13.3. The van der Waals surface area contributed by atoms with Crippen LogP contribution in [0.5, 0.6) is 0 Å². The van der Waals surface area contributed by atoms with Crippen LogP contribution in [-0.2, 0) is 28.5 Å². The third-order valence-corrected chi connectivity index (χ3v) is 3.90. The number of rotatable bonds is 6. The number of ether oxygens (including phenoxy) is 4. The van der Waals surface area contributed by atoms with E-state index in [1.165, 1.54) is 0 Å². The van der Waals surface area contributed by atoms with E-state index in [1.807, 2.05) is 0 Å². The Labute approximate surface area is 138 Å². The Morgan fingerprint density at radius 2 is 1.71 bits per heavy atom. The smallest absolute Gasteiger partial charge is 0.332 e. The largest absolute Gasteiger partial charge is 0.431 e. The summed E-state index contributed by atoms with van der Waals surface area (Å²) in [6.45, 7) is 4.24. The molecule has 5 unspecified atom stereocenters. The SMILES string of the molecule is C=CC(=O)OC1(O)COC(C(O)C2CC(O)(OC(=O)CC)CO2)C1. The minimum Gasteiger partial charge on any atom is -0.431 e. The molecule has 2 aliphatic heterocycles. The van der Waals surface area contributed by atoms with Gasteiger partial charge in [0, 0.05) is 25.3 Å². The Balaban J connectivity index is 1.91. The molecule has 2 heterocycles. The van der Waals surface area contributed by atoms with Gasteiger partial charge in [-0.1, -0.05) is 13.5 Å². The average Bonchev–Trinajstić information content (AvgIpc) is 3.10. The lowest BCUT2D eigenvalue weighted by Crippen LogP contribution is -2.41. The van der Waals surface area contributed by atoms with Crippen LogP contribution < -0.4 is 0 Å². The van der Waals surface area contributed by atoms with Gasteiger partial charge in [-0.25, -0.2) is 4.79 Å². The van der Waals surface area contributed by atoms with Gasteiger partial charge in [0.05, 0.1) is 12.2 Å². The molecule has 0 aromatic rings. The molecular weight excluding hydrogens is 324 g/mol. The summed E-state index contributed by atoms with van der Waals surface area (Å²) in [5.41, 5.74) is 0. The van der Waals surface area contributed by atoms with Crippen LogP contribution in [-0.4, -0.2) is 70.4 Å². The fourth-order valence-electron chi connectivity index (χ4n) is 2.67. The summed E-state index contributed by atoms with van der Waals surface area (Å²) in [7, 11) is 0.